The molecule has 0 atom stereocenters. The summed E-state index contributed by atoms with van der Waals surface area (Å²) in [5.74, 6) is 1.78. The molecular weight excluding hydrogens is 330 g/mol. The minimum absolute atomic E-state index is 0.229. The Morgan fingerprint density at radius 1 is 1.14 bits per heavy atom. The highest BCUT2D eigenvalue weighted by Gasteiger charge is 2.35. The van der Waals surface area contributed by atoms with Gasteiger partial charge in [0.2, 0.25) is 0 Å². The first-order valence-electron chi connectivity index (χ1n) is 8.06. The van der Waals surface area contributed by atoms with Crippen molar-refractivity contribution >= 4 is 15.9 Å². The van der Waals surface area contributed by atoms with E-state index in [9.17, 15) is 0 Å². The van der Waals surface area contributed by atoms with Gasteiger partial charge in [0.1, 0.15) is 0 Å². The number of fused-ring (bicyclic) bond motifs is 1. The summed E-state index contributed by atoms with van der Waals surface area (Å²) in [5, 5.41) is 0. The minimum Gasteiger partial charge on any atom is -0.490 e. The zero-order chi connectivity index (χ0) is 14.9. The number of halogens is 1. The van der Waals surface area contributed by atoms with Crippen LogP contribution in [0, 0.1) is 0 Å². The summed E-state index contributed by atoms with van der Waals surface area (Å²) < 4.78 is 12.9. The van der Waals surface area contributed by atoms with Crippen molar-refractivity contribution in [2.45, 2.75) is 57.4 Å². The molecule has 3 nitrogen and oxygen atoms in total. The van der Waals surface area contributed by atoms with Crippen molar-refractivity contribution in [3.8, 4) is 11.5 Å². The highest BCUT2D eigenvalue weighted by Crippen LogP contribution is 2.47. The van der Waals surface area contributed by atoms with E-state index in [1.54, 1.807) is 0 Å². The lowest BCUT2D eigenvalue weighted by Crippen LogP contribution is -2.40. The third-order valence-corrected chi connectivity index (χ3v) is 5.31. The molecule has 0 aromatic heterocycles. The number of hydrogen-bond donors (Lipinski definition) is 1. The molecular formula is C17H24BrNO2. The van der Waals surface area contributed by atoms with Crippen LogP contribution in [0.4, 0.5) is 0 Å². The Morgan fingerprint density at radius 3 is 2.57 bits per heavy atom. The molecule has 1 fully saturated rings. The van der Waals surface area contributed by atoms with E-state index in [1.165, 1.54) is 30.4 Å². The van der Waals surface area contributed by atoms with E-state index in [2.05, 4.69) is 28.9 Å². The van der Waals surface area contributed by atoms with E-state index in [0.717, 1.165) is 54.9 Å². The number of benzene rings is 1. The smallest absolute Gasteiger partial charge is 0.164 e. The summed E-state index contributed by atoms with van der Waals surface area (Å²) in [6, 6.07) is 2.05. The monoisotopic (exact) mass is 353 g/mol. The number of nitrogens with two attached hydrogens (primary N) is 1. The van der Waals surface area contributed by atoms with E-state index >= 15 is 0 Å². The molecule has 1 heterocycles. The Hall–Kier alpha value is -0.740. The second-order valence-electron chi connectivity index (χ2n) is 6.16. The molecule has 1 aromatic carbocycles. The van der Waals surface area contributed by atoms with Gasteiger partial charge in [-0.1, -0.05) is 42.1 Å². The van der Waals surface area contributed by atoms with E-state index in [1.807, 2.05) is 0 Å². The van der Waals surface area contributed by atoms with E-state index in [0.29, 0.717) is 0 Å². The van der Waals surface area contributed by atoms with Crippen LogP contribution in [0.3, 0.4) is 0 Å². The summed E-state index contributed by atoms with van der Waals surface area (Å²) in [6.45, 7) is 3.61. The number of ether oxygens (including phenoxy) is 2. The maximum absolute atomic E-state index is 6.80. The van der Waals surface area contributed by atoms with Crippen LogP contribution in [0.5, 0.6) is 11.5 Å². The SMILES string of the molecule is CCc1c2c(cc(Br)c1C1(N)CCCCC1)OCCCO2. The number of hydrogen-bond acceptors (Lipinski definition) is 3. The van der Waals surface area contributed by atoms with Crippen LogP contribution in [0.15, 0.2) is 10.5 Å². The van der Waals surface area contributed by atoms with Crippen LogP contribution in [0.25, 0.3) is 0 Å². The summed E-state index contributed by atoms with van der Waals surface area (Å²) >= 11 is 3.75. The van der Waals surface area contributed by atoms with Gasteiger partial charge in [-0.3, -0.25) is 0 Å². The first-order valence-corrected chi connectivity index (χ1v) is 8.85. The van der Waals surface area contributed by atoms with E-state index in [4.69, 9.17) is 15.2 Å². The Labute approximate surface area is 135 Å². The second-order valence-corrected chi connectivity index (χ2v) is 7.01. The third-order valence-electron chi connectivity index (χ3n) is 4.69. The summed E-state index contributed by atoms with van der Waals surface area (Å²) in [7, 11) is 0. The largest absolute Gasteiger partial charge is 0.490 e. The lowest BCUT2D eigenvalue weighted by Gasteiger charge is -2.37. The van der Waals surface area contributed by atoms with Gasteiger partial charge in [-0.2, -0.15) is 0 Å². The van der Waals surface area contributed by atoms with Gasteiger partial charge in [-0.15, -0.1) is 0 Å². The van der Waals surface area contributed by atoms with Crippen LogP contribution in [-0.2, 0) is 12.0 Å². The molecule has 3 rings (SSSR count). The van der Waals surface area contributed by atoms with Crippen LogP contribution in [0.1, 0.15) is 56.6 Å². The Bertz CT molecular complexity index is 524. The van der Waals surface area contributed by atoms with Gasteiger partial charge in [0, 0.05) is 22.0 Å². The van der Waals surface area contributed by atoms with Gasteiger partial charge in [0.15, 0.2) is 11.5 Å². The van der Waals surface area contributed by atoms with Gasteiger partial charge in [-0.05, 0) is 30.9 Å². The molecule has 1 aliphatic heterocycles. The molecule has 0 radical (unpaired) electrons. The zero-order valence-corrected chi connectivity index (χ0v) is 14.3. The fourth-order valence-corrected chi connectivity index (χ4v) is 4.49. The molecule has 0 spiro atoms. The molecule has 0 amide bonds. The Kier molecular flexibility index (Phi) is 4.46. The summed E-state index contributed by atoms with van der Waals surface area (Å²) in [5.41, 5.74) is 9.05. The predicted molar refractivity (Wildman–Crippen MR) is 88.1 cm³/mol. The quantitative estimate of drug-likeness (QED) is 0.862. The Balaban J connectivity index is 2.13. The van der Waals surface area contributed by atoms with Gasteiger partial charge in [0.25, 0.3) is 0 Å². The summed E-state index contributed by atoms with van der Waals surface area (Å²) in [6.07, 6.45) is 7.66. The lowest BCUT2D eigenvalue weighted by molar-refractivity contribution is 0.290. The molecule has 4 heteroatoms. The van der Waals surface area contributed by atoms with Crippen LogP contribution in [-0.4, -0.2) is 13.2 Å². The van der Waals surface area contributed by atoms with Crippen LogP contribution >= 0.6 is 15.9 Å². The zero-order valence-electron chi connectivity index (χ0n) is 12.7. The average Bonchev–Trinajstić information content (AvgIpc) is 2.71. The molecule has 0 unspecified atom stereocenters. The fraction of sp³-hybridized carbons (Fsp3) is 0.647. The highest BCUT2D eigenvalue weighted by molar-refractivity contribution is 9.10. The van der Waals surface area contributed by atoms with E-state index in [-0.39, 0.29) is 5.54 Å². The molecule has 1 aliphatic carbocycles. The van der Waals surface area contributed by atoms with Crippen molar-refractivity contribution in [2.75, 3.05) is 13.2 Å². The van der Waals surface area contributed by atoms with Gasteiger partial charge in [0.05, 0.1) is 13.2 Å². The summed E-state index contributed by atoms with van der Waals surface area (Å²) in [4.78, 5) is 0. The molecule has 2 N–H and O–H groups in total. The van der Waals surface area contributed by atoms with E-state index < -0.39 is 0 Å². The van der Waals surface area contributed by atoms with Crippen molar-refractivity contribution in [2.24, 2.45) is 5.73 Å². The number of rotatable bonds is 2. The van der Waals surface area contributed by atoms with Gasteiger partial charge < -0.3 is 15.2 Å². The molecule has 1 saturated carbocycles. The molecule has 0 saturated heterocycles. The van der Waals surface area contributed by atoms with Gasteiger partial charge in [-0.25, -0.2) is 0 Å². The predicted octanol–water partition coefficient (Wildman–Crippen LogP) is 4.29. The topological polar surface area (TPSA) is 44.5 Å². The average molecular weight is 354 g/mol. The third kappa shape index (κ3) is 2.80. The molecule has 0 bridgehead atoms. The first-order chi connectivity index (χ1) is 10.2. The lowest BCUT2D eigenvalue weighted by atomic mass is 9.75. The first kappa shape index (κ1) is 15.2. The standard InChI is InChI=1S/C17H24BrNO2/c1-2-12-15(17(19)7-4-3-5-8-17)13(18)11-14-16(12)21-10-6-9-20-14/h11H,2-10,19H2,1H3. The minimum atomic E-state index is -0.229. The van der Waals surface area contributed by atoms with Crippen molar-refractivity contribution in [3.05, 3.63) is 21.7 Å². The molecule has 2 aliphatic rings. The second kappa shape index (κ2) is 6.17. The van der Waals surface area contributed by atoms with Crippen molar-refractivity contribution in [3.63, 3.8) is 0 Å². The molecule has 1 aromatic rings. The fourth-order valence-electron chi connectivity index (χ4n) is 3.65. The van der Waals surface area contributed by atoms with Crippen LogP contribution in [0.2, 0.25) is 0 Å². The normalized spacial score (nSPS) is 20.9. The molecule has 116 valence electrons. The van der Waals surface area contributed by atoms with Crippen molar-refractivity contribution < 1.29 is 9.47 Å². The van der Waals surface area contributed by atoms with Crippen molar-refractivity contribution in [1.82, 2.24) is 0 Å². The highest BCUT2D eigenvalue weighted by atomic mass is 79.9. The Morgan fingerprint density at radius 2 is 1.86 bits per heavy atom. The maximum Gasteiger partial charge on any atom is 0.164 e. The van der Waals surface area contributed by atoms with Crippen LogP contribution < -0.4 is 15.2 Å². The molecule has 21 heavy (non-hydrogen) atoms. The van der Waals surface area contributed by atoms with Gasteiger partial charge >= 0.3 is 0 Å². The maximum atomic E-state index is 6.80. The van der Waals surface area contributed by atoms with Crippen molar-refractivity contribution in [1.29, 1.82) is 0 Å².